The minimum atomic E-state index is -0.796. The van der Waals surface area contributed by atoms with E-state index < -0.39 is 11.6 Å². The summed E-state index contributed by atoms with van der Waals surface area (Å²) in [5.41, 5.74) is 1.09. The Morgan fingerprint density at radius 3 is 2.48 bits per heavy atom. The van der Waals surface area contributed by atoms with Crippen LogP contribution in [0.2, 0.25) is 0 Å². The van der Waals surface area contributed by atoms with E-state index in [4.69, 9.17) is 0 Å². The summed E-state index contributed by atoms with van der Waals surface area (Å²) in [6.07, 6.45) is 1.03. The van der Waals surface area contributed by atoms with Gasteiger partial charge in [-0.15, -0.1) is 24.0 Å². The molecule has 1 aromatic carbocycles. The first-order chi connectivity index (χ1) is 12.2. The number of hydrogen-bond donors (Lipinski definition) is 1. The zero-order valence-corrected chi connectivity index (χ0v) is 19.2. The lowest BCUT2D eigenvalue weighted by Gasteiger charge is -2.62. The maximum Gasteiger partial charge on any atom is 0.194 e. The lowest BCUT2D eigenvalue weighted by atomic mass is 9.65. The van der Waals surface area contributed by atoms with E-state index in [1.165, 1.54) is 12.1 Å². The van der Waals surface area contributed by atoms with Crippen molar-refractivity contribution < 1.29 is 8.78 Å². The van der Waals surface area contributed by atoms with E-state index in [0.29, 0.717) is 5.92 Å². The quantitative estimate of drug-likeness (QED) is 0.392. The van der Waals surface area contributed by atoms with Crippen LogP contribution in [0.3, 0.4) is 0 Å². The Bertz CT molecular complexity index is 705. The molecule has 0 amide bonds. The van der Waals surface area contributed by atoms with E-state index in [-0.39, 0.29) is 34.9 Å². The summed E-state index contributed by atoms with van der Waals surface area (Å²) in [7, 11) is 1.83. The van der Waals surface area contributed by atoms with Crippen molar-refractivity contribution in [3.63, 3.8) is 0 Å². The van der Waals surface area contributed by atoms with Crippen molar-refractivity contribution in [3.05, 3.63) is 29.8 Å². The molecule has 0 radical (unpaired) electrons. The number of anilines is 1. The molecule has 4 nitrogen and oxygen atoms in total. The standard InChI is InChI=1S/C20H30F2N4.HI/c1-19(2)13-26(20(19,3)4)18(23-5)24-11-14-8-9-25(12-14)15-6-7-16(21)17(22)10-15;/h6-7,10,14H,8-9,11-13H2,1-5H3,(H,23,24);1H. The van der Waals surface area contributed by atoms with Gasteiger partial charge in [0.25, 0.3) is 0 Å². The molecule has 152 valence electrons. The number of nitrogens with one attached hydrogen (secondary N) is 1. The summed E-state index contributed by atoms with van der Waals surface area (Å²) in [4.78, 5) is 8.91. The third kappa shape index (κ3) is 4.17. The Balaban J connectivity index is 0.00000261. The molecule has 2 aliphatic rings. The van der Waals surface area contributed by atoms with Crippen molar-refractivity contribution in [2.45, 2.75) is 39.7 Å². The molecule has 1 aromatic rings. The molecular formula is C20H31F2IN4. The minimum Gasteiger partial charge on any atom is -0.371 e. The van der Waals surface area contributed by atoms with Gasteiger partial charge in [-0.25, -0.2) is 8.78 Å². The van der Waals surface area contributed by atoms with Gasteiger partial charge in [0, 0.05) is 55.9 Å². The maximum atomic E-state index is 13.5. The van der Waals surface area contributed by atoms with Crippen molar-refractivity contribution in [2.75, 3.05) is 38.1 Å². The molecule has 1 unspecified atom stereocenters. The van der Waals surface area contributed by atoms with E-state index in [2.05, 4.69) is 47.8 Å². The largest absolute Gasteiger partial charge is 0.371 e. The molecule has 0 aromatic heterocycles. The second-order valence-corrected chi connectivity index (χ2v) is 8.66. The van der Waals surface area contributed by atoms with Crippen LogP contribution in [0.25, 0.3) is 0 Å². The van der Waals surface area contributed by atoms with Gasteiger partial charge in [-0.3, -0.25) is 4.99 Å². The lowest BCUT2D eigenvalue weighted by molar-refractivity contribution is -0.0668. The van der Waals surface area contributed by atoms with E-state index in [9.17, 15) is 8.78 Å². The molecule has 7 heteroatoms. The van der Waals surface area contributed by atoms with Crippen molar-refractivity contribution >= 4 is 35.6 Å². The third-order valence-corrected chi connectivity index (χ3v) is 6.45. The molecular weight excluding hydrogens is 461 g/mol. The average Bonchev–Trinajstić information content (AvgIpc) is 3.06. The van der Waals surface area contributed by atoms with Gasteiger partial charge in [-0.1, -0.05) is 13.8 Å². The molecule has 2 heterocycles. The highest BCUT2D eigenvalue weighted by atomic mass is 127. The molecule has 0 spiro atoms. The second-order valence-electron chi connectivity index (χ2n) is 8.66. The Hall–Kier alpha value is -1.12. The van der Waals surface area contributed by atoms with Crippen LogP contribution in [-0.2, 0) is 0 Å². The Morgan fingerprint density at radius 2 is 1.93 bits per heavy atom. The van der Waals surface area contributed by atoms with Crippen LogP contribution in [0.5, 0.6) is 0 Å². The van der Waals surface area contributed by atoms with Crippen molar-refractivity contribution in [3.8, 4) is 0 Å². The van der Waals surface area contributed by atoms with E-state index in [1.807, 2.05) is 7.05 Å². The number of benzene rings is 1. The third-order valence-electron chi connectivity index (χ3n) is 6.45. The summed E-state index contributed by atoms with van der Waals surface area (Å²) in [5, 5.41) is 3.51. The topological polar surface area (TPSA) is 30.9 Å². The predicted molar refractivity (Wildman–Crippen MR) is 118 cm³/mol. The van der Waals surface area contributed by atoms with E-state index in [1.54, 1.807) is 6.07 Å². The minimum absolute atomic E-state index is 0. The van der Waals surface area contributed by atoms with Gasteiger partial charge in [-0.2, -0.15) is 0 Å². The van der Waals surface area contributed by atoms with Crippen LogP contribution < -0.4 is 10.2 Å². The predicted octanol–water partition coefficient (Wildman–Crippen LogP) is 4.10. The molecule has 3 rings (SSSR count). The Kier molecular flexibility index (Phi) is 6.64. The molecule has 0 aliphatic carbocycles. The fourth-order valence-corrected chi connectivity index (χ4v) is 3.85. The highest BCUT2D eigenvalue weighted by Gasteiger charge is 2.53. The summed E-state index contributed by atoms with van der Waals surface area (Å²) >= 11 is 0. The van der Waals surface area contributed by atoms with E-state index >= 15 is 0 Å². The highest BCUT2D eigenvalue weighted by molar-refractivity contribution is 14.0. The first-order valence-electron chi connectivity index (χ1n) is 9.34. The zero-order chi connectivity index (χ0) is 19.1. The van der Waals surface area contributed by atoms with Crippen LogP contribution in [0.15, 0.2) is 23.2 Å². The van der Waals surface area contributed by atoms with Crippen LogP contribution in [0, 0.1) is 23.0 Å². The summed E-state index contributed by atoms with van der Waals surface area (Å²) in [6.45, 7) is 12.6. The zero-order valence-electron chi connectivity index (χ0n) is 16.9. The lowest BCUT2D eigenvalue weighted by Crippen LogP contribution is -2.72. The Morgan fingerprint density at radius 1 is 1.22 bits per heavy atom. The molecule has 2 saturated heterocycles. The number of nitrogens with zero attached hydrogens (tertiary/aromatic N) is 3. The highest BCUT2D eigenvalue weighted by Crippen LogP contribution is 2.46. The molecule has 2 aliphatic heterocycles. The summed E-state index contributed by atoms with van der Waals surface area (Å²) in [5.74, 6) is -0.181. The number of guanidine groups is 1. The van der Waals surface area contributed by atoms with Gasteiger partial charge in [0.05, 0.1) is 0 Å². The summed E-state index contributed by atoms with van der Waals surface area (Å²) in [6, 6.07) is 4.14. The molecule has 1 atom stereocenters. The Labute approximate surface area is 178 Å². The smallest absolute Gasteiger partial charge is 0.194 e. The molecule has 1 N–H and O–H groups in total. The summed E-state index contributed by atoms with van der Waals surface area (Å²) < 4.78 is 26.6. The fraction of sp³-hybridized carbons (Fsp3) is 0.650. The monoisotopic (exact) mass is 492 g/mol. The van der Waals surface area contributed by atoms with E-state index in [0.717, 1.165) is 44.2 Å². The number of rotatable bonds is 3. The van der Waals surface area contributed by atoms with Crippen LogP contribution in [0.1, 0.15) is 34.1 Å². The molecule has 27 heavy (non-hydrogen) atoms. The van der Waals surface area contributed by atoms with Crippen LogP contribution in [0.4, 0.5) is 14.5 Å². The van der Waals surface area contributed by atoms with Gasteiger partial charge in [0.2, 0.25) is 0 Å². The van der Waals surface area contributed by atoms with Crippen molar-refractivity contribution in [2.24, 2.45) is 16.3 Å². The van der Waals surface area contributed by atoms with Gasteiger partial charge in [0.15, 0.2) is 17.6 Å². The second kappa shape index (κ2) is 8.09. The SMILES string of the molecule is CN=C(NCC1CCN(c2ccc(F)c(F)c2)C1)N1CC(C)(C)C1(C)C.I. The first kappa shape index (κ1) is 22.2. The van der Waals surface area contributed by atoms with Crippen LogP contribution >= 0.6 is 24.0 Å². The van der Waals surface area contributed by atoms with Gasteiger partial charge >= 0.3 is 0 Å². The fourth-order valence-electron chi connectivity index (χ4n) is 3.85. The van der Waals surface area contributed by atoms with Crippen LogP contribution in [-0.4, -0.2) is 49.6 Å². The van der Waals surface area contributed by atoms with Gasteiger partial charge < -0.3 is 15.1 Å². The molecule has 0 bridgehead atoms. The van der Waals surface area contributed by atoms with Gasteiger partial charge in [0.1, 0.15) is 0 Å². The number of likely N-dealkylation sites (tertiary alicyclic amines) is 1. The van der Waals surface area contributed by atoms with Crippen molar-refractivity contribution in [1.82, 2.24) is 10.2 Å². The molecule has 0 saturated carbocycles. The number of hydrogen-bond acceptors (Lipinski definition) is 2. The first-order valence-corrected chi connectivity index (χ1v) is 9.34. The number of halogens is 3. The normalized spacial score (nSPS) is 23.7. The number of aliphatic imine (C=N–C) groups is 1. The maximum absolute atomic E-state index is 13.5. The average molecular weight is 492 g/mol. The van der Waals surface area contributed by atoms with Crippen molar-refractivity contribution in [1.29, 1.82) is 0 Å². The van der Waals surface area contributed by atoms with Gasteiger partial charge in [-0.05, 0) is 38.3 Å². The molecule has 2 fully saturated rings.